The van der Waals surface area contributed by atoms with Gasteiger partial charge in [0.15, 0.2) is 9.84 Å². The van der Waals surface area contributed by atoms with Crippen molar-refractivity contribution in [3.8, 4) is 0 Å². The summed E-state index contributed by atoms with van der Waals surface area (Å²) in [4.78, 5) is 18.9. The Hall–Kier alpha value is -1.47. The van der Waals surface area contributed by atoms with Gasteiger partial charge in [-0.15, -0.1) is 0 Å². The number of hydrogen-bond acceptors (Lipinski definition) is 5. The molecule has 1 atom stereocenters. The van der Waals surface area contributed by atoms with E-state index in [-0.39, 0.29) is 17.7 Å². The van der Waals surface area contributed by atoms with Gasteiger partial charge in [0, 0.05) is 18.7 Å². The van der Waals surface area contributed by atoms with E-state index in [0.29, 0.717) is 17.3 Å². The molecule has 25 heavy (non-hydrogen) atoms. The summed E-state index contributed by atoms with van der Waals surface area (Å²) in [5.74, 6) is 1.58. The van der Waals surface area contributed by atoms with Crippen LogP contribution in [-0.4, -0.2) is 55.3 Å². The molecule has 1 N–H and O–H groups in total. The van der Waals surface area contributed by atoms with Gasteiger partial charge in [-0.1, -0.05) is 0 Å². The molecule has 0 bridgehead atoms. The second-order valence-corrected chi connectivity index (χ2v) is 9.63. The second kappa shape index (κ2) is 7.83. The van der Waals surface area contributed by atoms with Crippen molar-refractivity contribution < 1.29 is 13.2 Å². The molecule has 1 amide bonds. The van der Waals surface area contributed by atoms with E-state index in [1.165, 1.54) is 0 Å². The Balaban J connectivity index is 1.46. The highest BCUT2D eigenvalue weighted by atomic mass is 32.2. The fourth-order valence-corrected chi connectivity index (χ4v) is 5.60. The molecule has 2 aliphatic rings. The number of carbonyl (C=O) groups is 1. The number of pyridine rings is 1. The lowest BCUT2D eigenvalue weighted by Crippen LogP contribution is -2.42. The van der Waals surface area contributed by atoms with E-state index in [0.717, 1.165) is 50.9 Å². The number of nitrogens with zero attached hydrogens (tertiary/aromatic N) is 2. The van der Waals surface area contributed by atoms with E-state index in [1.54, 1.807) is 6.20 Å². The van der Waals surface area contributed by atoms with Gasteiger partial charge in [-0.3, -0.25) is 4.79 Å². The number of piperidine rings is 1. The van der Waals surface area contributed by atoms with Crippen molar-refractivity contribution in [3.63, 3.8) is 0 Å². The quantitative estimate of drug-likeness (QED) is 0.881. The highest BCUT2D eigenvalue weighted by Gasteiger charge is 2.29. The van der Waals surface area contributed by atoms with Crippen LogP contribution >= 0.6 is 0 Å². The number of amides is 1. The average Bonchev–Trinajstić information content (AvgIpc) is 2.54. The molecular weight excluding hydrogens is 338 g/mol. The highest BCUT2D eigenvalue weighted by molar-refractivity contribution is 7.91. The number of sulfone groups is 1. The molecule has 7 heteroatoms. The maximum atomic E-state index is 12.4. The largest absolute Gasteiger partial charge is 0.310 e. The normalized spacial score (nSPS) is 24.8. The predicted molar refractivity (Wildman–Crippen MR) is 98.1 cm³/mol. The molecule has 0 spiro atoms. The minimum atomic E-state index is -2.84. The number of aromatic nitrogens is 1. The molecule has 0 aliphatic carbocycles. The van der Waals surface area contributed by atoms with Crippen LogP contribution in [0.2, 0.25) is 0 Å². The van der Waals surface area contributed by atoms with Gasteiger partial charge in [0.05, 0.1) is 11.5 Å². The van der Waals surface area contributed by atoms with E-state index in [9.17, 15) is 13.2 Å². The Morgan fingerprint density at radius 3 is 2.76 bits per heavy atom. The lowest BCUT2D eigenvalue weighted by Gasteiger charge is -2.34. The first-order valence-corrected chi connectivity index (χ1v) is 10.9. The van der Waals surface area contributed by atoms with Gasteiger partial charge < -0.3 is 10.2 Å². The third kappa shape index (κ3) is 5.25. The first-order chi connectivity index (χ1) is 11.9. The van der Waals surface area contributed by atoms with Crippen molar-refractivity contribution in [3.05, 3.63) is 23.9 Å². The summed E-state index contributed by atoms with van der Waals surface area (Å²) in [6, 6.07) is 3.77. The van der Waals surface area contributed by atoms with Crippen molar-refractivity contribution in [1.29, 1.82) is 0 Å². The lowest BCUT2D eigenvalue weighted by atomic mass is 9.94. The standard InChI is InChI=1S/C18H27N3O3S/c1-14-4-7-19-17(11-14)20-18(22)16-5-8-21(9-6-16)12-15-3-2-10-25(23,24)13-15/h4,7,11,15-16H,2-3,5-6,8-10,12-13H2,1H3,(H,19,20,22)/t15-/m1/s1. The fourth-order valence-electron chi connectivity index (χ4n) is 3.84. The van der Waals surface area contributed by atoms with Crippen molar-refractivity contribution in [2.45, 2.75) is 32.6 Å². The number of nitrogens with one attached hydrogen (secondary N) is 1. The minimum absolute atomic E-state index is 0.00801. The van der Waals surface area contributed by atoms with Crippen LogP contribution in [0.25, 0.3) is 0 Å². The van der Waals surface area contributed by atoms with Gasteiger partial charge in [0.1, 0.15) is 5.82 Å². The summed E-state index contributed by atoms with van der Waals surface area (Å²) < 4.78 is 23.5. The predicted octanol–water partition coefficient (Wildman–Crippen LogP) is 1.87. The third-order valence-corrected chi connectivity index (χ3v) is 7.09. The highest BCUT2D eigenvalue weighted by Crippen LogP contribution is 2.24. The molecule has 0 radical (unpaired) electrons. The zero-order valence-electron chi connectivity index (χ0n) is 14.8. The van der Waals surface area contributed by atoms with Gasteiger partial charge >= 0.3 is 0 Å². The SMILES string of the molecule is Cc1ccnc(NC(=O)C2CCN(C[C@H]3CCCS(=O)(=O)C3)CC2)c1. The molecule has 2 fully saturated rings. The summed E-state index contributed by atoms with van der Waals surface area (Å²) in [6.07, 6.45) is 5.12. The molecule has 2 aliphatic heterocycles. The Morgan fingerprint density at radius 1 is 1.32 bits per heavy atom. The number of rotatable bonds is 4. The number of hydrogen-bond donors (Lipinski definition) is 1. The van der Waals surface area contributed by atoms with Crippen LogP contribution in [0.4, 0.5) is 5.82 Å². The first kappa shape index (κ1) is 18.3. The summed E-state index contributed by atoms with van der Waals surface area (Å²) in [5, 5.41) is 2.91. The summed E-state index contributed by atoms with van der Waals surface area (Å²) >= 11 is 0. The Bertz CT molecular complexity index is 712. The van der Waals surface area contributed by atoms with Crippen LogP contribution in [0.1, 0.15) is 31.2 Å². The van der Waals surface area contributed by atoms with E-state index in [4.69, 9.17) is 0 Å². The number of carbonyl (C=O) groups excluding carboxylic acids is 1. The number of aryl methyl sites for hydroxylation is 1. The van der Waals surface area contributed by atoms with Gasteiger partial charge in [0.25, 0.3) is 0 Å². The molecule has 0 saturated carbocycles. The number of anilines is 1. The molecule has 3 rings (SSSR count). The van der Waals surface area contributed by atoms with E-state index in [2.05, 4.69) is 15.2 Å². The fraction of sp³-hybridized carbons (Fsp3) is 0.667. The second-order valence-electron chi connectivity index (χ2n) is 7.41. The molecule has 0 aromatic carbocycles. The number of likely N-dealkylation sites (tertiary alicyclic amines) is 1. The Kier molecular flexibility index (Phi) is 5.74. The summed E-state index contributed by atoms with van der Waals surface area (Å²) in [7, 11) is -2.84. The van der Waals surface area contributed by atoms with Gasteiger partial charge in [-0.25, -0.2) is 13.4 Å². The maximum Gasteiger partial charge on any atom is 0.228 e. The lowest BCUT2D eigenvalue weighted by molar-refractivity contribution is -0.121. The summed E-state index contributed by atoms with van der Waals surface area (Å²) in [5.41, 5.74) is 1.07. The minimum Gasteiger partial charge on any atom is -0.310 e. The Morgan fingerprint density at radius 2 is 2.08 bits per heavy atom. The van der Waals surface area contributed by atoms with Crippen LogP contribution in [-0.2, 0) is 14.6 Å². The molecule has 3 heterocycles. The van der Waals surface area contributed by atoms with Crippen molar-refractivity contribution in [1.82, 2.24) is 9.88 Å². The smallest absolute Gasteiger partial charge is 0.228 e. The molecular formula is C18H27N3O3S. The molecule has 1 aromatic rings. The van der Waals surface area contributed by atoms with Crippen LogP contribution in [0, 0.1) is 18.8 Å². The monoisotopic (exact) mass is 365 g/mol. The van der Waals surface area contributed by atoms with Crippen LogP contribution in [0.5, 0.6) is 0 Å². The van der Waals surface area contributed by atoms with Crippen molar-refractivity contribution >= 4 is 21.6 Å². The average molecular weight is 365 g/mol. The van der Waals surface area contributed by atoms with Gasteiger partial charge in [-0.05, 0) is 69.3 Å². The zero-order chi connectivity index (χ0) is 17.9. The van der Waals surface area contributed by atoms with Crippen LogP contribution in [0.15, 0.2) is 18.3 Å². The van der Waals surface area contributed by atoms with E-state index >= 15 is 0 Å². The van der Waals surface area contributed by atoms with Crippen LogP contribution < -0.4 is 5.32 Å². The van der Waals surface area contributed by atoms with Crippen LogP contribution in [0.3, 0.4) is 0 Å². The van der Waals surface area contributed by atoms with Gasteiger partial charge in [0.2, 0.25) is 5.91 Å². The molecule has 1 aromatic heterocycles. The summed E-state index contributed by atoms with van der Waals surface area (Å²) in [6.45, 7) is 4.53. The first-order valence-electron chi connectivity index (χ1n) is 9.07. The molecule has 138 valence electrons. The zero-order valence-corrected chi connectivity index (χ0v) is 15.6. The topological polar surface area (TPSA) is 79.4 Å². The van der Waals surface area contributed by atoms with Crippen molar-refractivity contribution in [2.75, 3.05) is 36.5 Å². The maximum absolute atomic E-state index is 12.4. The van der Waals surface area contributed by atoms with E-state index < -0.39 is 9.84 Å². The van der Waals surface area contributed by atoms with Gasteiger partial charge in [-0.2, -0.15) is 0 Å². The Labute approximate surface area is 149 Å². The molecule has 2 saturated heterocycles. The molecule has 0 unspecified atom stereocenters. The third-order valence-electron chi connectivity index (χ3n) is 5.20. The van der Waals surface area contributed by atoms with Crippen molar-refractivity contribution in [2.24, 2.45) is 11.8 Å². The molecule has 6 nitrogen and oxygen atoms in total. The van der Waals surface area contributed by atoms with E-state index in [1.807, 2.05) is 19.1 Å².